The summed E-state index contributed by atoms with van der Waals surface area (Å²) in [5.41, 5.74) is 8.35. The Balaban J connectivity index is 1.42. The zero-order valence-electron chi connectivity index (χ0n) is 14.0. The van der Waals surface area contributed by atoms with Crippen LogP contribution in [0.3, 0.4) is 0 Å². The van der Waals surface area contributed by atoms with Crippen LogP contribution in [0.15, 0.2) is 36.8 Å². The Morgan fingerprint density at radius 3 is 2.85 bits per heavy atom. The zero-order chi connectivity index (χ0) is 17.7. The Kier molecular flexibility index (Phi) is 3.23. The molecule has 0 amide bonds. The molecule has 132 valence electrons. The highest BCUT2D eigenvalue weighted by atomic mass is 19.1. The number of nitrogens with one attached hydrogen (secondary N) is 2. The van der Waals surface area contributed by atoms with Gasteiger partial charge >= 0.3 is 0 Å². The van der Waals surface area contributed by atoms with Gasteiger partial charge in [0.05, 0.1) is 22.0 Å². The van der Waals surface area contributed by atoms with E-state index in [0.717, 1.165) is 48.3 Å². The van der Waals surface area contributed by atoms with Crippen molar-refractivity contribution in [3.63, 3.8) is 0 Å². The van der Waals surface area contributed by atoms with E-state index in [4.69, 9.17) is 5.73 Å². The summed E-state index contributed by atoms with van der Waals surface area (Å²) < 4.78 is 13.4. The molecule has 4 heterocycles. The van der Waals surface area contributed by atoms with Crippen molar-refractivity contribution in [1.29, 1.82) is 0 Å². The van der Waals surface area contributed by atoms with Crippen molar-refractivity contribution in [3.05, 3.63) is 48.4 Å². The molecule has 3 aromatic heterocycles. The molecule has 0 unspecified atom stereocenters. The molecule has 1 saturated heterocycles. The third-order valence-electron chi connectivity index (χ3n) is 5.20. The largest absolute Gasteiger partial charge is 0.356 e. The number of benzene rings is 1. The van der Waals surface area contributed by atoms with E-state index < -0.39 is 5.54 Å². The molecule has 4 N–H and O–H groups in total. The number of H-pyrrole nitrogens is 2. The van der Waals surface area contributed by atoms with Gasteiger partial charge in [0.25, 0.3) is 0 Å². The van der Waals surface area contributed by atoms with Crippen LogP contribution in [0.2, 0.25) is 0 Å². The predicted molar refractivity (Wildman–Crippen MR) is 97.3 cm³/mol. The maximum atomic E-state index is 13.4. The van der Waals surface area contributed by atoms with Crippen LogP contribution in [0.4, 0.5) is 10.2 Å². The van der Waals surface area contributed by atoms with E-state index in [-0.39, 0.29) is 5.82 Å². The minimum absolute atomic E-state index is 0.284. The number of nitrogens with two attached hydrogens (primary N) is 1. The van der Waals surface area contributed by atoms with Crippen LogP contribution in [-0.2, 0) is 5.54 Å². The van der Waals surface area contributed by atoms with Gasteiger partial charge in [-0.1, -0.05) is 0 Å². The number of aromatic nitrogens is 5. The lowest BCUT2D eigenvalue weighted by Crippen LogP contribution is -2.49. The molecule has 0 spiro atoms. The number of rotatable bonds is 2. The van der Waals surface area contributed by atoms with Crippen molar-refractivity contribution in [1.82, 2.24) is 24.9 Å². The molecule has 1 fully saturated rings. The van der Waals surface area contributed by atoms with Crippen LogP contribution in [0.25, 0.3) is 22.1 Å². The van der Waals surface area contributed by atoms with Crippen LogP contribution < -0.4 is 10.6 Å². The normalized spacial score (nSPS) is 17.2. The first-order chi connectivity index (χ1) is 12.6. The fourth-order valence-electron chi connectivity index (χ4n) is 3.68. The molecular weight excluding hydrogens is 333 g/mol. The number of piperidine rings is 1. The minimum Gasteiger partial charge on any atom is -0.356 e. The fourth-order valence-corrected chi connectivity index (χ4v) is 3.68. The summed E-state index contributed by atoms with van der Waals surface area (Å²) in [6, 6.07) is 6.53. The molecule has 1 aliphatic rings. The van der Waals surface area contributed by atoms with E-state index in [1.54, 1.807) is 12.4 Å². The summed E-state index contributed by atoms with van der Waals surface area (Å²) >= 11 is 0. The van der Waals surface area contributed by atoms with Crippen molar-refractivity contribution < 1.29 is 4.39 Å². The molecule has 0 bridgehead atoms. The Labute approximate surface area is 148 Å². The summed E-state index contributed by atoms with van der Waals surface area (Å²) in [5.74, 6) is 1.35. The van der Waals surface area contributed by atoms with Gasteiger partial charge in [-0.25, -0.2) is 19.3 Å². The maximum absolute atomic E-state index is 13.4. The number of fused-ring (bicyclic) bond motifs is 2. The topological polar surface area (TPSA) is 99.5 Å². The second kappa shape index (κ2) is 5.50. The van der Waals surface area contributed by atoms with Crippen molar-refractivity contribution >= 4 is 27.9 Å². The molecule has 8 heteroatoms. The fraction of sp³-hybridized carbons (Fsp3) is 0.278. The average molecular weight is 351 g/mol. The number of hydrogen-bond acceptors (Lipinski definition) is 5. The lowest BCUT2D eigenvalue weighted by Gasteiger charge is -2.38. The molecule has 26 heavy (non-hydrogen) atoms. The standard InChI is InChI=1S/C18H18FN7/c19-11-1-2-13-14(9-11)25-17(24-13)18(20)4-7-26(8-5-18)16-12-3-6-21-15(12)22-10-23-16/h1-3,6,9-10H,4-5,7-8,20H2,(H,24,25)(H,21,22,23). The van der Waals surface area contributed by atoms with E-state index in [1.807, 2.05) is 12.3 Å². The molecule has 4 aromatic rings. The van der Waals surface area contributed by atoms with Gasteiger partial charge in [0, 0.05) is 19.3 Å². The number of anilines is 1. The van der Waals surface area contributed by atoms with Gasteiger partial charge in [-0.05, 0) is 37.1 Å². The van der Waals surface area contributed by atoms with E-state index in [2.05, 4.69) is 29.8 Å². The van der Waals surface area contributed by atoms with E-state index in [0.29, 0.717) is 11.3 Å². The van der Waals surface area contributed by atoms with Gasteiger partial charge in [0.2, 0.25) is 0 Å². The molecule has 7 nitrogen and oxygen atoms in total. The summed E-state index contributed by atoms with van der Waals surface area (Å²) in [4.78, 5) is 21.8. The Morgan fingerprint density at radius 1 is 1.15 bits per heavy atom. The average Bonchev–Trinajstić information content (AvgIpc) is 3.28. The van der Waals surface area contributed by atoms with Gasteiger partial charge < -0.3 is 20.6 Å². The quantitative estimate of drug-likeness (QED) is 0.515. The van der Waals surface area contributed by atoms with E-state index >= 15 is 0 Å². The Hall–Kier alpha value is -3.00. The third-order valence-corrected chi connectivity index (χ3v) is 5.20. The molecular formula is C18H18FN7. The predicted octanol–water partition coefficient (Wildman–Crippen LogP) is 2.43. The van der Waals surface area contributed by atoms with E-state index in [1.165, 1.54) is 12.1 Å². The molecule has 0 aliphatic carbocycles. The Bertz CT molecular complexity index is 1090. The van der Waals surface area contributed by atoms with Crippen LogP contribution in [0.5, 0.6) is 0 Å². The number of aromatic amines is 2. The second-order valence-corrected chi connectivity index (χ2v) is 6.83. The maximum Gasteiger partial charge on any atom is 0.142 e. The molecule has 1 aliphatic heterocycles. The highest BCUT2D eigenvalue weighted by Crippen LogP contribution is 2.33. The number of hydrogen-bond donors (Lipinski definition) is 3. The lowest BCUT2D eigenvalue weighted by molar-refractivity contribution is 0.327. The number of imidazole rings is 1. The molecule has 1 aromatic carbocycles. The van der Waals surface area contributed by atoms with Crippen molar-refractivity contribution in [2.45, 2.75) is 18.4 Å². The third kappa shape index (κ3) is 2.33. The second-order valence-electron chi connectivity index (χ2n) is 6.83. The van der Waals surface area contributed by atoms with E-state index in [9.17, 15) is 4.39 Å². The minimum atomic E-state index is -0.559. The summed E-state index contributed by atoms with van der Waals surface area (Å²) in [7, 11) is 0. The molecule has 0 atom stereocenters. The summed E-state index contributed by atoms with van der Waals surface area (Å²) in [6.07, 6.45) is 4.90. The van der Waals surface area contributed by atoms with Gasteiger partial charge in [-0.2, -0.15) is 0 Å². The first-order valence-corrected chi connectivity index (χ1v) is 8.60. The van der Waals surface area contributed by atoms with Gasteiger partial charge in [-0.15, -0.1) is 0 Å². The first-order valence-electron chi connectivity index (χ1n) is 8.60. The smallest absolute Gasteiger partial charge is 0.142 e. The van der Waals surface area contributed by atoms with Crippen molar-refractivity contribution in [2.24, 2.45) is 5.73 Å². The highest BCUT2D eigenvalue weighted by Gasteiger charge is 2.36. The van der Waals surface area contributed by atoms with Gasteiger partial charge in [0.1, 0.15) is 29.4 Å². The van der Waals surface area contributed by atoms with Gasteiger partial charge in [0.15, 0.2) is 0 Å². The monoisotopic (exact) mass is 351 g/mol. The van der Waals surface area contributed by atoms with Crippen LogP contribution in [-0.4, -0.2) is 38.0 Å². The summed E-state index contributed by atoms with van der Waals surface area (Å²) in [6.45, 7) is 1.53. The zero-order valence-corrected chi connectivity index (χ0v) is 14.0. The molecule has 5 rings (SSSR count). The number of halogens is 1. The SMILES string of the molecule is NC1(c2nc3ccc(F)cc3[nH]2)CCN(c2ncnc3[nH]ccc23)CC1. The van der Waals surface area contributed by atoms with Gasteiger partial charge in [-0.3, -0.25) is 0 Å². The van der Waals surface area contributed by atoms with Crippen LogP contribution >= 0.6 is 0 Å². The highest BCUT2D eigenvalue weighted by molar-refractivity contribution is 5.87. The van der Waals surface area contributed by atoms with Crippen molar-refractivity contribution in [3.8, 4) is 0 Å². The number of nitrogens with zero attached hydrogens (tertiary/aromatic N) is 4. The van der Waals surface area contributed by atoms with Crippen molar-refractivity contribution in [2.75, 3.05) is 18.0 Å². The molecule has 0 saturated carbocycles. The first kappa shape index (κ1) is 15.3. The molecule has 0 radical (unpaired) electrons. The summed E-state index contributed by atoms with van der Waals surface area (Å²) in [5, 5.41) is 1.01. The lowest BCUT2D eigenvalue weighted by atomic mass is 9.88. The van der Waals surface area contributed by atoms with Crippen LogP contribution in [0, 0.1) is 5.82 Å². The van der Waals surface area contributed by atoms with Crippen LogP contribution in [0.1, 0.15) is 18.7 Å². The Morgan fingerprint density at radius 2 is 2.00 bits per heavy atom.